The molecular weight excluding hydrogens is 264 g/mol. The minimum Gasteiger partial charge on any atom is -0.304 e. The number of carbonyl (C=O) groups is 2. The van der Waals surface area contributed by atoms with Crippen LogP contribution < -0.4 is 5.32 Å². The van der Waals surface area contributed by atoms with Crippen LogP contribution in [0.1, 0.15) is 26.5 Å². The van der Waals surface area contributed by atoms with Crippen LogP contribution in [0.3, 0.4) is 0 Å². The molecule has 1 aliphatic rings. The molecule has 0 unspecified atom stereocenters. The van der Waals surface area contributed by atoms with E-state index in [0.29, 0.717) is 10.9 Å². The first-order valence-electron chi connectivity index (χ1n) is 5.71. The van der Waals surface area contributed by atoms with E-state index >= 15 is 0 Å². The lowest BCUT2D eigenvalue weighted by molar-refractivity contribution is -0.132. The quantitative estimate of drug-likeness (QED) is 0.839. The van der Waals surface area contributed by atoms with Crippen molar-refractivity contribution in [2.24, 2.45) is 5.10 Å². The highest BCUT2D eigenvalue weighted by Crippen LogP contribution is 2.43. The number of carbonyl (C=O) groups excluding carboxylic acids is 2. The molecular formula is C12H14N4O2S. The largest absolute Gasteiger partial charge is 0.304 e. The lowest BCUT2D eigenvalue weighted by Crippen LogP contribution is -2.38. The molecule has 2 rings (SSSR count). The maximum atomic E-state index is 11.7. The summed E-state index contributed by atoms with van der Waals surface area (Å²) in [7, 11) is 0. The summed E-state index contributed by atoms with van der Waals surface area (Å²) >= 11 is 1.29. The molecule has 19 heavy (non-hydrogen) atoms. The molecule has 1 N–H and O–H groups in total. The van der Waals surface area contributed by atoms with E-state index in [-0.39, 0.29) is 11.8 Å². The summed E-state index contributed by atoms with van der Waals surface area (Å²) in [6.07, 6.45) is 1.66. The Hall–Kier alpha value is -1.89. The molecule has 1 aromatic rings. The van der Waals surface area contributed by atoms with Crippen LogP contribution in [0, 0.1) is 0 Å². The molecule has 1 atom stereocenters. The van der Waals surface area contributed by atoms with Crippen LogP contribution in [0.15, 0.2) is 29.5 Å². The third-order valence-electron chi connectivity index (χ3n) is 2.61. The van der Waals surface area contributed by atoms with Gasteiger partial charge in [-0.1, -0.05) is 6.07 Å². The summed E-state index contributed by atoms with van der Waals surface area (Å²) in [5, 5.41) is 8.49. The Bertz CT molecular complexity index is 546. The van der Waals surface area contributed by atoms with Crippen LogP contribution in [0.5, 0.6) is 0 Å². The molecule has 0 spiro atoms. The highest BCUT2D eigenvalue weighted by molar-refractivity contribution is 8.14. The zero-order valence-corrected chi connectivity index (χ0v) is 11.7. The monoisotopic (exact) mass is 278 g/mol. The fraction of sp³-hybridized carbons (Fsp3) is 0.333. The van der Waals surface area contributed by atoms with Gasteiger partial charge in [0.1, 0.15) is 0 Å². The third-order valence-corrected chi connectivity index (χ3v) is 3.77. The van der Waals surface area contributed by atoms with Gasteiger partial charge in [0.05, 0.1) is 5.69 Å². The van der Waals surface area contributed by atoms with Crippen LogP contribution in [0.2, 0.25) is 0 Å². The summed E-state index contributed by atoms with van der Waals surface area (Å²) < 4.78 is 0. The highest BCUT2D eigenvalue weighted by atomic mass is 32.2. The van der Waals surface area contributed by atoms with E-state index in [4.69, 9.17) is 0 Å². The molecule has 1 aliphatic heterocycles. The minimum atomic E-state index is -0.745. The zero-order chi connectivity index (χ0) is 14.0. The molecule has 0 saturated carbocycles. The Kier molecular flexibility index (Phi) is 3.57. The summed E-state index contributed by atoms with van der Waals surface area (Å²) in [6, 6.07) is 5.48. The Balaban J connectivity index is 2.36. The van der Waals surface area contributed by atoms with Gasteiger partial charge in [-0.2, -0.15) is 0 Å². The second-order valence-corrected chi connectivity index (χ2v) is 5.60. The van der Waals surface area contributed by atoms with Gasteiger partial charge in [-0.25, -0.2) is 5.01 Å². The van der Waals surface area contributed by atoms with Gasteiger partial charge in [0.25, 0.3) is 0 Å². The van der Waals surface area contributed by atoms with Gasteiger partial charge in [0.2, 0.25) is 11.8 Å². The number of thioether (sulfide) groups is 1. The van der Waals surface area contributed by atoms with Gasteiger partial charge in [-0.05, 0) is 30.8 Å². The van der Waals surface area contributed by atoms with E-state index in [2.05, 4.69) is 15.4 Å². The van der Waals surface area contributed by atoms with Gasteiger partial charge in [0, 0.05) is 20.0 Å². The molecule has 2 amide bonds. The standard InChI is InChI=1S/C12H14N4O2S/c1-8(17)14-11-15-16(9(2)18)12(3,19-11)10-6-4-5-7-13-10/h4-7H,1-3H3,(H,14,15,17)/t12-/m0/s1. The van der Waals surface area contributed by atoms with Gasteiger partial charge in [0.15, 0.2) is 10.0 Å². The average molecular weight is 278 g/mol. The van der Waals surface area contributed by atoms with Gasteiger partial charge in [-0.3, -0.25) is 14.6 Å². The Morgan fingerprint density at radius 3 is 2.63 bits per heavy atom. The van der Waals surface area contributed by atoms with Crippen LogP contribution >= 0.6 is 11.8 Å². The maximum absolute atomic E-state index is 11.7. The van der Waals surface area contributed by atoms with Crippen molar-refractivity contribution in [3.8, 4) is 0 Å². The van der Waals surface area contributed by atoms with E-state index in [0.717, 1.165) is 0 Å². The molecule has 0 aliphatic carbocycles. The smallest absolute Gasteiger partial charge is 0.241 e. The molecule has 0 aromatic carbocycles. The zero-order valence-electron chi connectivity index (χ0n) is 10.9. The Morgan fingerprint density at radius 1 is 1.37 bits per heavy atom. The third kappa shape index (κ3) is 2.60. The maximum Gasteiger partial charge on any atom is 0.241 e. The molecule has 0 bridgehead atoms. The SMILES string of the molecule is CC(=O)NC1=NN(C(C)=O)[C@](C)(c2ccccn2)S1. The summed E-state index contributed by atoms with van der Waals surface area (Å²) in [6.45, 7) is 4.68. The second-order valence-electron chi connectivity index (χ2n) is 4.22. The minimum absolute atomic E-state index is 0.207. The number of nitrogens with zero attached hydrogens (tertiary/aromatic N) is 3. The van der Waals surface area contributed by atoms with E-state index in [1.807, 2.05) is 19.1 Å². The van der Waals surface area contributed by atoms with Crippen molar-refractivity contribution in [1.29, 1.82) is 0 Å². The lowest BCUT2D eigenvalue weighted by atomic mass is 10.2. The number of pyridine rings is 1. The average Bonchev–Trinajstić information content (AvgIpc) is 2.68. The van der Waals surface area contributed by atoms with Gasteiger partial charge in [-0.15, -0.1) is 5.10 Å². The summed E-state index contributed by atoms with van der Waals surface area (Å²) in [5.41, 5.74) is 0.708. The van der Waals surface area contributed by atoms with Gasteiger partial charge < -0.3 is 5.32 Å². The first kappa shape index (κ1) is 13.5. The number of hydrogen-bond acceptors (Lipinski definition) is 5. The van der Waals surface area contributed by atoms with Crippen molar-refractivity contribution >= 4 is 28.7 Å². The predicted octanol–water partition coefficient (Wildman–Crippen LogP) is 1.26. The van der Waals surface area contributed by atoms with Crippen LogP contribution in [0.25, 0.3) is 0 Å². The van der Waals surface area contributed by atoms with Crippen molar-refractivity contribution in [1.82, 2.24) is 15.3 Å². The number of hydrogen-bond donors (Lipinski definition) is 1. The lowest BCUT2D eigenvalue weighted by Gasteiger charge is -2.29. The Labute approximate surface area is 115 Å². The van der Waals surface area contributed by atoms with Crippen molar-refractivity contribution in [3.63, 3.8) is 0 Å². The normalized spacial score (nSPS) is 22.1. The van der Waals surface area contributed by atoms with Crippen LogP contribution in [0.4, 0.5) is 0 Å². The first-order chi connectivity index (χ1) is 8.93. The summed E-state index contributed by atoms with van der Waals surface area (Å²) in [5.74, 6) is -0.430. The van der Waals surface area contributed by atoms with Crippen molar-refractivity contribution in [3.05, 3.63) is 30.1 Å². The van der Waals surface area contributed by atoms with Crippen LogP contribution in [-0.4, -0.2) is 27.0 Å². The molecule has 2 heterocycles. The molecule has 1 aromatic heterocycles. The number of hydrazone groups is 1. The molecule has 0 saturated heterocycles. The second kappa shape index (κ2) is 5.00. The van der Waals surface area contributed by atoms with Crippen LogP contribution in [-0.2, 0) is 14.5 Å². The predicted molar refractivity (Wildman–Crippen MR) is 73.0 cm³/mol. The van der Waals surface area contributed by atoms with E-state index in [9.17, 15) is 9.59 Å². The van der Waals surface area contributed by atoms with E-state index in [1.54, 1.807) is 12.3 Å². The number of nitrogens with one attached hydrogen (secondary N) is 1. The number of amidine groups is 1. The Morgan fingerprint density at radius 2 is 2.11 bits per heavy atom. The number of aromatic nitrogens is 1. The molecule has 100 valence electrons. The van der Waals surface area contributed by atoms with Gasteiger partial charge >= 0.3 is 0 Å². The van der Waals surface area contributed by atoms with Crippen molar-refractivity contribution in [2.75, 3.05) is 0 Å². The first-order valence-corrected chi connectivity index (χ1v) is 6.52. The van der Waals surface area contributed by atoms with Crippen molar-refractivity contribution < 1.29 is 9.59 Å². The number of rotatable bonds is 1. The highest BCUT2D eigenvalue weighted by Gasteiger charge is 2.44. The topological polar surface area (TPSA) is 74.7 Å². The molecule has 6 nitrogen and oxygen atoms in total. The van der Waals surface area contributed by atoms with E-state index < -0.39 is 4.87 Å². The molecule has 0 radical (unpaired) electrons. The van der Waals surface area contributed by atoms with Crippen molar-refractivity contribution in [2.45, 2.75) is 25.6 Å². The molecule has 0 fully saturated rings. The van der Waals surface area contributed by atoms with E-state index in [1.165, 1.54) is 30.6 Å². The fourth-order valence-corrected chi connectivity index (χ4v) is 2.98. The molecule has 7 heteroatoms. The fourth-order valence-electron chi connectivity index (χ4n) is 1.81. The number of amides is 2. The summed E-state index contributed by atoms with van der Waals surface area (Å²) in [4.78, 5) is 26.4.